The zero-order valence-corrected chi connectivity index (χ0v) is 11.3. The molecule has 0 aliphatic carbocycles. The van der Waals surface area contributed by atoms with Gasteiger partial charge in [0.15, 0.2) is 0 Å². The molecular weight excluding hydrogens is 248 g/mol. The Kier molecular flexibility index (Phi) is 4.17. The van der Waals surface area contributed by atoms with E-state index in [0.717, 1.165) is 27.0 Å². The number of benzene rings is 1. The van der Waals surface area contributed by atoms with Crippen LogP contribution in [0.25, 0.3) is 11.3 Å². The molecule has 0 atom stereocenters. The van der Waals surface area contributed by atoms with E-state index in [1.807, 2.05) is 31.2 Å². The van der Waals surface area contributed by atoms with Crippen LogP contribution in [-0.4, -0.2) is 25.3 Å². The number of aryl methyl sites for hydroxylation is 1. The van der Waals surface area contributed by atoms with E-state index in [-0.39, 0.29) is 0 Å². The maximum atomic E-state index is 5.92. The van der Waals surface area contributed by atoms with Gasteiger partial charge in [-0.15, -0.1) is 11.3 Å². The van der Waals surface area contributed by atoms with Crippen LogP contribution in [0.3, 0.4) is 0 Å². The Hall–Kier alpha value is -1.59. The lowest BCUT2D eigenvalue weighted by Crippen LogP contribution is -2.03. The van der Waals surface area contributed by atoms with Crippen molar-refractivity contribution >= 4 is 16.3 Å². The number of ether oxygens (including phenoxy) is 2. The molecule has 0 unspecified atom stereocenters. The first-order valence-electron chi connectivity index (χ1n) is 5.66. The van der Waals surface area contributed by atoms with Crippen molar-refractivity contribution < 1.29 is 9.47 Å². The van der Waals surface area contributed by atoms with Gasteiger partial charge in [0.1, 0.15) is 23.1 Å². The maximum Gasteiger partial charge on any atom is 0.119 e. The predicted molar refractivity (Wildman–Crippen MR) is 74.1 cm³/mol. The fourth-order valence-electron chi connectivity index (χ4n) is 1.60. The minimum atomic E-state index is 0.549. The Balaban J connectivity index is 2.10. The minimum Gasteiger partial charge on any atom is -0.491 e. The number of nitrogens with two attached hydrogens (primary N) is 1. The molecule has 0 bridgehead atoms. The van der Waals surface area contributed by atoms with Gasteiger partial charge >= 0.3 is 0 Å². The molecule has 96 valence electrons. The second kappa shape index (κ2) is 5.84. The molecular formula is C13H16N2O2S. The van der Waals surface area contributed by atoms with Crippen molar-refractivity contribution in [3.05, 3.63) is 29.3 Å². The van der Waals surface area contributed by atoms with Gasteiger partial charge in [0.05, 0.1) is 11.6 Å². The molecule has 18 heavy (non-hydrogen) atoms. The third-order valence-electron chi connectivity index (χ3n) is 2.44. The van der Waals surface area contributed by atoms with Crippen LogP contribution in [0.5, 0.6) is 5.75 Å². The normalized spacial score (nSPS) is 10.6. The highest BCUT2D eigenvalue weighted by Gasteiger charge is 2.08. The summed E-state index contributed by atoms with van der Waals surface area (Å²) < 4.78 is 10.4. The van der Waals surface area contributed by atoms with E-state index in [2.05, 4.69) is 4.98 Å². The van der Waals surface area contributed by atoms with Crippen LogP contribution in [0.1, 0.15) is 5.01 Å². The molecule has 0 radical (unpaired) electrons. The van der Waals surface area contributed by atoms with E-state index in [0.29, 0.717) is 13.2 Å². The maximum absolute atomic E-state index is 5.92. The Morgan fingerprint density at radius 3 is 2.50 bits per heavy atom. The SMILES string of the molecule is COCCOc1ccc(-c2nc(C)sc2N)cc1. The number of anilines is 1. The smallest absolute Gasteiger partial charge is 0.119 e. The lowest BCUT2D eigenvalue weighted by Gasteiger charge is -2.06. The molecule has 0 amide bonds. The number of hydrogen-bond donors (Lipinski definition) is 1. The summed E-state index contributed by atoms with van der Waals surface area (Å²) in [6.07, 6.45) is 0. The average molecular weight is 264 g/mol. The molecule has 0 aliphatic heterocycles. The first-order chi connectivity index (χ1) is 8.70. The molecule has 2 rings (SSSR count). The largest absolute Gasteiger partial charge is 0.491 e. The summed E-state index contributed by atoms with van der Waals surface area (Å²) in [5.74, 6) is 0.821. The molecule has 0 saturated carbocycles. The number of aromatic nitrogens is 1. The fourth-order valence-corrected chi connectivity index (χ4v) is 2.32. The van der Waals surface area contributed by atoms with Crippen molar-refractivity contribution in [2.45, 2.75) is 6.92 Å². The van der Waals surface area contributed by atoms with Gasteiger partial charge in [0.2, 0.25) is 0 Å². The van der Waals surface area contributed by atoms with Crippen molar-refractivity contribution in [1.29, 1.82) is 0 Å². The van der Waals surface area contributed by atoms with Gasteiger partial charge in [-0.1, -0.05) is 0 Å². The van der Waals surface area contributed by atoms with E-state index in [9.17, 15) is 0 Å². The van der Waals surface area contributed by atoms with Crippen molar-refractivity contribution in [3.63, 3.8) is 0 Å². The molecule has 0 aliphatic rings. The standard InChI is InChI=1S/C13H16N2O2S/c1-9-15-12(13(14)18-9)10-3-5-11(6-4-10)17-8-7-16-2/h3-6H,7-8,14H2,1-2H3. The monoisotopic (exact) mass is 264 g/mol. The minimum absolute atomic E-state index is 0.549. The molecule has 1 heterocycles. The van der Waals surface area contributed by atoms with E-state index in [4.69, 9.17) is 15.2 Å². The predicted octanol–water partition coefficient (Wildman–Crippen LogP) is 2.73. The van der Waals surface area contributed by atoms with Crippen molar-refractivity contribution in [3.8, 4) is 17.0 Å². The van der Waals surface area contributed by atoms with Crippen LogP contribution in [-0.2, 0) is 4.74 Å². The molecule has 2 N–H and O–H groups in total. The number of nitrogen functional groups attached to an aromatic ring is 1. The summed E-state index contributed by atoms with van der Waals surface area (Å²) in [5, 5.41) is 1.73. The van der Waals surface area contributed by atoms with Gasteiger partial charge in [-0.2, -0.15) is 0 Å². The summed E-state index contributed by atoms with van der Waals surface area (Å²) in [6.45, 7) is 3.08. The molecule has 0 fully saturated rings. The van der Waals surface area contributed by atoms with Gasteiger partial charge in [-0.05, 0) is 31.2 Å². The van der Waals surface area contributed by atoms with Gasteiger partial charge in [0.25, 0.3) is 0 Å². The zero-order chi connectivity index (χ0) is 13.0. The van der Waals surface area contributed by atoms with Crippen molar-refractivity contribution in [2.24, 2.45) is 0 Å². The summed E-state index contributed by atoms with van der Waals surface area (Å²) in [6, 6.07) is 7.76. The number of thiazole rings is 1. The highest BCUT2D eigenvalue weighted by Crippen LogP contribution is 2.30. The molecule has 1 aromatic heterocycles. The Morgan fingerprint density at radius 2 is 1.94 bits per heavy atom. The van der Waals surface area contributed by atoms with Gasteiger partial charge in [0, 0.05) is 12.7 Å². The number of rotatable bonds is 5. The van der Waals surface area contributed by atoms with Crippen molar-refractivity contribution in [1.82, 2.24) is 4.98 Å². The molecule has 5 heteroatoms. The quantitative estimate of drug-likeness (QED) is 0.844. The third kappa shape index (κ3) is 3.00. The average Bonchev–Trinajstić information content (AvgIpc) is 2.70. The second-order valence-electron chi connectivity index (χ2n) is 3.81. The summed E-state index contributed by atoms with van der Waals surface area (Å²) in [7, 11) is 1.65. The topological polar surface area (TPSA) is 57.4 Å². The number of nitrogens with zero attached hydrogens (tertiary/aromatic N) is 1. The van der Waals surface area contributed by atoms with Crippen LogP contribution in [0.4, 0.5) is 5.00 Å². The zero-order valence-electron chi connectivity index (χ0n) is 10.5. The van der Waals surface area contributed by atoms with Crippen LogP contribution < -0.4 is 10.5 Å². The first kappa shape index (κ1) is 12.9. The Bertz CT molecular complexity index is 508. The van der Waals surface area contributed by atoms with Crippen LogP contribution >= 0.6 is 11.3 Å². The molecule has 0 saturated heterocycles. The van der Waals surface area contributed by atoms with E-state index < -0.39 is 0 Å². The van der Waals surface area contributed by atoms with Crippen LogP contribution in [0.15, 0.2) is 24.3 Å². The Labute approximate surface area is 110 Å². The Morgan fingerprint density at radius 1 is 1.22 bits per heavy atom. The molecule has 2 aromatic rings. The summed E-state index contributed by atoms with van der Waals surface area (Å²) in [4.78, 5) is 4.42. The first-order valence-corrected chi connectivity index (χ1v) is 6.47. The van der Waals surface area contributed by atoms with Gasteiger partial charge < -0.3 is 15.2 Å². The number of methoxy groups -OCH3 is 1. The highest BCUT2D eigenvalue weighted by molar-refractivity contribution is 7.16. The number of hydrogen-bond acceptors (Lipinski definition) is 5. The van der Waals surface area contributed by atoms with E-state index in [1.165, 1.54) is 11.3 Å². The third-order valence-corrected chi connectivity index (χ3v) is 3.24. The van der Waals surface area contributed by atoms with E-state index in [1.54, 1.807) is 7.11 Å². The van der Waals surface area contributed by atoms with Crippen LogP contribution in [0, 0.1) is 6.92 Å². The van der Waals surface area contributed by atoms with E-state index >= 15 is 0 Å². The summed E-state index contributed by atoms with van der Waals surface area (Å²) >= 11 is 1.50. The highest BCUT2D eigenvalue weighted by atomic mass is 32.1. The van der Waals surface area contributed by atoms with Gasteiger partial charge in [-0.3, -0.25) is 0 Å². The molecule has 4 nitrogen and oxygen atoms in total. The van der Waals surface area contributed by atoms with Crippen LogP contribution in [0.2, 0.25) is 0 Å². The molecule has 1 aromatic carbocycles. The second-order valence-corrected chi connectivity index (χ2v) is 5.05. The fraction of sp³-hybridized carbons (Fsp3) is 0.308. The lowest BCUT2D eigenvalue weighted by molar-refractivity contribution is 0.146. The lowest BCUT2D eigenvalue weighted by atomic mass is 10.1. The van der Waals surface area contributed by atoms with Gasteiger partial charge in [-0.25, -0.2) is 4.98 Å². The van der Waals surface area contributed by atoms with Crippen molar-refractivity contribution in [2.75, 3.05) is 26.1 Å². The summed E-state index contributed by atoms with van der Waals surface area (Å²) in [5.41, 5.74) is 7.78. The molecule has 0 spiro atoms.